The molecular weight excluding hydrogens is 323 g/mol. The molecule has 1 atom stereocenters. The van der Waals surface area contributed by atoms with Crippen LogP contribution in [0, 0.1) is 6.92 Å². The van der Waals surface area contributed by atoms with E-state index in [0.717, 1.165) is 11.9 Å². The molecule has 2 amide bonds. The standard InChI is InChI=1S/C15H16F3N5O/c1-9-11(15(16,17)18)3-2-4-12(9)22-14(24)21-10-5-6-13-19-8-20-23(13)7-10/h2-4,8,10H,5-7H2,1H3,(H2,21,22,24)/t10-/m1/s1. The Labute approximate surface area is 136 Å². The van der Waals surface area contributed by atoms with Crippen LogP contribution in [0.3, 0.4) is 0 Å². The minimum absolute atomic E-state index is 0.0117. The number of amides is 2. The zero-order valence-electron chi connectivity index (χ0n) is 12.9. The molecule has 0 unspecified atom stereocenters. The first-order valence-corrected chi connectivity index (χ1v) is 7.45. The number of fused-ring (bicyclic) bond motifs is 1. The van der Waals surface area contributed by atoms with Crippen molar-refractivity contribution in [1.82, 2.24) is 20.1 Å². The average molecular weight is 339 g/mol. The second-order valence-electron chi connectivity index (χ2n) is 5.67. The zero-order valence-corrected chi connectivity index (χ0v) is 12.9. The number of rotatable bonds is 2. The number of carbonyl (C=O) groups is 1. The van der Waals surface area contributed by atoms with Crippen molar-refractivity contribution in [2.24, 2.45) is 0 Å². The smallest absolute Gasteiger partial charge is 0.333 e. The van der Waals surface area contributed by atoms with Crippen LogP contribution >= 0.6 is 0 Å². The van der Waals surface area contributed by atoms with Gasteiger partial charge in [0.2, 0.25) is 0 Å². The second-order valence-corrected chi connectivity index (χ2v) is 5.67. The van der Waals surface area contributed by atoms with Crippen LogP contribution in [0.15, 0.2) is 24.5 Å². The van der Waals surface area contributed by atoms with Crippen molar-refractivity contribution in [3.63, 3.8) is 0 Å². The largest absolute Gasteiger partial charge is 0.416 e. The first-order valence-electron chi connectivity index (χ1n) is 7.45. The number of aryl methyl sites for hydroxylation is 1. The normalized spacial score (nSPS) is 17.2. The summed E-state index contributed by atoms with van der Waals surface area (Å²) in [6, 6.07) is 3.02. The van der Waals surface area contributed by atoms with Gasteiger partial charge in [0.25, 0.3) is 0 Å². The number of nitrogens with one attached hydrogen (secondary N) is 2. The topological polar surface area (TPSA) is 71.8 Å². The summed E-state index contributed by atoms with van der Waals surface area (Å²) in [5.74, 6) is 0.863. The van der Waals surface area contributed by atoms with Crippen molar-refractivity contribution < 1.29 is 18.0 Å². The Balaban J connectivity index is 1.66. The minimum Gasteiger partial charge on any atom is -0.333 e. The summed E-state index contributed by atoms with van der Waals surface area (Å²) in [7, 11) is 0. The van der Waals surface area contributed by atoms with Crippen molar-refractivity contribution in [2.75, 3.05) is 5.32 Å². The predicted molar refractivity (Wildman–Crippen MR) is 80.5 cm³/mol. The van der Waals surface area contributed by atoms with E-state index >= 15 is 0 Å². The van der Waals surface area contributed by atoms with Gasteiger partial charge in [-0.25, -0.2) is 14.5 Å². The summed E-state index contributed by atoms with van der Waals surface area (Å²) < 4.78 is 40.4. The maximum atomic E-state index is 12.9. The highest BCUT2D eigenvalue weighted by molar-refractivity contribution is 5.90. The summed E-state index contributed by atoms with van der Waals surface area (Å²) >= 11 is 0. The number of hydrogen-bond acceptors (Lipinski definition) is 3. The van der Waals surface area contributed by atoms with E-state index in [1.54, 1.807) is 4.68 Å². The van der Waals surface area contributed by atoms with Crippen molar-refractivity contribution >= 4 is 11.7 Å². The molecule has 0 bridgehead atoms. The summed E-state index contributed by atoms with van der Waals surface area (Å²) in [5.41, 5.74) is -0.632. The SMILES string of the molecule is Cc1c(NC(=O)N[C@@H]2CCc3ncnn3C2)cccc1C(F)(F)F. The number of carbonyl (C=O) groups excluding carboxylic acids is 1. The van der Waals surface area contributed by atoms with E-state index in [9.17, 15) is 18.0 Å². The number of benzene rings is 1. The van der Waals surface area contributed by atoms with Crippen LogP contribution in [0.1, 0.15) is 23.4 Å². The van der Waals surface area contributed by atoms with Gasteiger partial charge in [-0.3, -0.25) is 0 Å². The monoisotopic (exact) mass is 339 g/mol. The van der Waals surface area contributed by atoms with Gasteiger partial charge in [0.1, 0.15) is 12.2 Å². The Morgan fingerprint density at radius 3 is 2.92 bits per heavy atom. The molecule has 0 saturated heterocycles. The van der Waals surface area contributed by atoms with Gasteiger partial charge < -0.3 is 10.6 Å². The summed E-state index contributed by atoms with van der Waals surface area (Å²) in [4.78, 5) is 16.2. The van der Waals surface area contributed by atoms with Gasteiger partial charge in [-0.05, 0) is 31.0 Å². The fourth-order valence-corrected chi connectivity index (χ4v) is 2.78. The van der Waals surface area contributed by atoms with Crippen molar-refractivity contribution in [3.05, 3.63) is 41.5 Å². The highest BCUT2D eigenvalue weighted by atomic mass is 19.4. The van der Waals surface area contributed by atoms with Crippen LogP contribution in [0.2, 0.25) is 0 Å². The minimum atomic E-state index is -4.45. The first-order chi connectivity index (χ1) is 11.3. The van der Waals surface area contributed by atoms with Crippen LogP contribution in [0.25, 0.3) is 0 Å². The van der Waals surface area contributed by atoms with Gasteiger partial charge in [-0.15, -0.1) is 0 Å². The van der Waals surface area contributed by atoms with Gasteiger partial charge >= 0.3 is 12.2 Å². The van der Waals surface area contributed by atoms with Gasteiger partial charge in [0.05, 0.1) is 18.2 Å². The molecule has 0 fully saturated rings. The van der Waals surface area contributed by atoms with Crippen LogP contribution in [0.4, 0.5) is 23.7 Å². The Morgan fingerprint density at radius 1 is 1.38 bits per heavy atom. The third-order valence-electron chi connectivity index (χ3n) is 4.03. The molecule has 2 heterocycles. The lowest BCUT2D eigenvalue weighted by Gasteiger charge is -2.24. The molecule has 1 aliphatic rings. The zero-order chi connectivity index (χ0) is 17.3. The van der Waals surface area contributed by atoms with E-state index in [-0.39, 0.29) is 17.3 Å². The maximum Gasteiger partial charge on any atom is 0.416 e. The first kappa shape index (κ1) is 16.3. The van der Waals surface area contributed by atoms with E-state index in [0.29, 0.717) is 19.4 Å². The van der Waals surface area contributed by atoms with Crippen LogP contribution in [-0.2, 0) is 19.1 Å². The Kier molecular flexibility index (Phi) is 4.16. The molecule has 6 nitrogen and oxygen atoms in total. The molecule has 3 rings (SSSR count). The van der Waals surface area contributed by atoms with Crippen LogP contribution < -0.4 is 10.6 Å². The number of anilines is 1. The molecule has 9 heteroatoms. The molecule has 0 spiro atoms. The lowest BCUT2D eigenvalue weighted by Crippen LogP contribution is -2.43. The van der Waals surface area contributed by atoms with Gasteiger partial charge in [-0.1, -0.05) is 6.07 Å². The molecule has 1 aromatic heterocycles. The predicted octanol–water partition coefficient (Wildman–Crippen LogP) is 2.74. The highest BCUT2D eigenvalue weighted by Gasteiger charge is 2.33. The van der Waals surface area contributed by atoms with Crippen LogP contribution in [0.5, 0.6) is 0 Å². The van der Waals surface area contributed by atoms with Gasteiger partial charge in [-0.2, -0.15) is 18.3 Å². The molecule has 0 saturated carbocycles. The Morgan fingerprint density at radius 2 is 2.17 bits per heavy atom. The summed E-state index contributed by atoms with van der Waals surface area (Å²) in [6.45, 7) is 1.82. The summed E-state index contributed by atoms with van der Waals surface area (Å²) in [5, 5.41) is 9.32. The van der Waals surface area contributed by atoms with E-state index in [2.05, 4.69) is 20.7 Å². The average Bonchev–Trinajstić information content (AvgIpc) is 2.95. The van der Waals surface area contributed by atoms with E-state index in [1.807, 2.05) is 0 Å². The molecular formula is C15H16F3N5O. The number of alkyl halides is 3. The Bertz CT molecular complexity index is 756. The molecule has 1 aliphatic heterocycles. The van der Waals surface area contributed by atoms with E-state index in [4.69, 9.17) is 0 Å². The molecule has 24 heavy (non-hydrogen) atoms. The molecule has 0 aliphatic carbocycles. The maximum absolute atomic E-state index is 12.9. The molecule has 0 radical (unpaired) electrons. The number of hydrogen-bond donors (Lipinski definition) is 2. The molecule has 2 aromatic rings. The highest BCUT2D eigenvalue weighted by Crippen LogP contribution is 2.34. The lowest BCUT2D eigenvalue weighted by molar-refractivity contribution is -0.138. The lowest BCUT2D eigenvalue weighted by atomic mass is 10.1. The Hall–Kier alpha value is -2.58. The second kappa shape index (κ2) is 6.14. The van der Waals surface area contributed by atoms with E-state index < -0.39 is 17.8 Å². The quantitative estimate of drug-likeness (QED) is 0.884. The van der Waals surface area contributed by atoms with Crippen molar-refractivity contribution in [1.29, 1.82) is 0 Å². The van der Waals surface area contributed by atoms with Gasteiger partial charge in [0.15, 0.2) is 0 Å². The molecule has 1 aromatic carbocycles. The molecule has 128 valence electrons. The fourth-order valence-electron chi connectivity index (χ4n) is 2.78. The summed E-state index contributed by atoms with van der Waals surface area (Å²) in [6.07, 6.45) is -1.60. The number of aromatic nitrogens is 3. The van der Waals surface area contributed by atoms with Crippen LogP contribution in [-0.4, -0.2) is 26.8 Å². The van der Waals surface area contributed by atoms with E-state index in [1.165, 1.54) is 25.4 Å². The van der Waals surface area contributed by atoms with Crippen molar-refractivity contribution in [2.45, 2.75) is 38.5 Å². The molecule has 2 N–H and O–H groups in total. The number of nitrogens with zero attached hydrogens (tertiary/aromatic N) is 3. The number of halogens is 3. The third-order valence-corrected chi connectivity index (χ3v) is 4.03. The number of urea groups is 1. The van der Waals surface area contributed by atoms with Gasteiger partial charge in [0, 0.05) is 12.1 Å². The fraction of sp³-hybridized carbons (Fsp3) is 0.400. The van der Waals surface area contributed by atoms with Crippen molar-refractivity contribution in [3.8, 4) is 0 Å². The third kappa shape index (κ3) is 3.34.